The molecule has 1 fully saturated rings. The monoisotopic (exact) mass is 409 g/mol. The number of halogens is 2. The summed E-state index contributed by atoms with van der Waals surface area (Å²) in [5.74, 6) is 0.205. The maximum absolute atomic E-state index is 12.7. The number of nitrogens with one attached hydrogen (secondary N) is 1. The summed E-state index contributed by atoms with van der Waals surface area (Å²) < 4.78 is 1.07. The van der Waals surface area contributed by atoms with Crippen molar-refractivity contribution in [3.63, 3.8) is 0 Å². The number of aromatic nitrogens is 1. The van der Waals surface area contributed by atoms with Gasteiger partial charge in [-0.2, -0.15) is 0 Å². The van der Waals surface area contributed by atoms with E-state index in [-0.39, 0.29) is 24.4 Å². The highest BCUT2D eigenvalue weighted by Gasteiger charge is 2.27. The Labute approximate surface area is 157 Å². The molecule has 1 amide bonds. The van der Waals surface area contributed by atoms with Crippen molar-refractivity contribution in [2.75, 3.05) is 19.6 Å². The van der Waals surface area contributed by atoms with Crippen molar-refractivity contribution in [3.05, 3.63) is 64.4 Å². The van der Waals surface area contributed by atoms with Crippen LogP contribution in [0.2, 0.25) is 0 Å². The van der Waals surface area contributed by atoms with Gasteiger partial charge in [0, 0.05) is 42.9 Å². The average Bonchev–Trinajstić information content (AvgIpc) is 2.61. The van der Waals surface area contributed by atoms with Crippen molar-refractivity contribution in [3.8, 4) is 0 Å². The Balaban J connectivity index is 0.00000208. The number of piperazine rings is 1. The Hall–Kier alpha value is -1.43. The van der Waals surface area contributed by atoms with E-state index in [1.165, 1.54) is 5.56 Å². The second-order valence-electron chi connectivity index (χ2n) is 5.68. The molecule has 24 heavy (non-hydrogen) atoms. The van der Waals surface area contributed by atoms with Gasteiger partial charge >= 0.3 is 0 Å². The van der Waals surface area contributed by atoms with Gasteiger partial charge in [-0.1, -0.05) is 40.2 Å². The Morgan fingerprint density at radius 1 is 1.29 bits per heavy atom. The third kappa shape index (κ3) is 4.56. The van der Waals surface area contributed by atoms with Gasteiger partial charge in [-0.05, 0) is 29.7 Å². The fraction of sp³-hybridized carbons (Fsp3) is 0.333. The van der Waals surface area contributed by atoms with E-state index in [2.05, 4.69) is 32.3 Å². The lowest BCUT2D eigenvalue weighted by atomic mass is 10.0. The number of carbonyl (C=O) groups is 1. The third-order valence-electron chi connectivity index (χ3n) is 4.20. The Kier molecular flexibility index (Phi) is 7.21. The molecule has 1 N–H and O–H groups in total. The topological polar surface area (TPSA) is 45.2 Å². The Morgan fingerprint density at radius 2 is 2.12 bits per heavy atom. The van der Waals surface area contributed by atoms with Crippen molar-refractivity contribution in [2.45, 2.75) is 18.9 Å². The molecule has 0 aliphatic carbocycles. The van der Waals surface area contributed by atoms with Crippen LogP contribution in [0.25, 0.3) is 0 Å². The third-order valence-corrected chi connectivity index (χ3v) is 4.97. The smallest absolute Gasteiger partial charge is 0.223 e. The molecule has 0 spiro atoms. The molecular formula is C18H21BrClN3O. The van der Waals surface area contributed by atoms with Gasteiger partial charge < -0.3 is 10.2 Å². The maximum atomic E-state index is 12.7. The predicted molar refractivity (Wildman–Crippen MR) is 101 cm³/mol. The standard InChI is InChI=1S/C18H20BrN3O.ClH/c19-16-6-2-1-4-14(16)7-8-18(23)22-11-10-21-13-17(22)15-5-3-9-20-12-15;/h1-6,9,12,17,21H,7-8,10-11,13H2;1H. The van der Waals surface area contributed by atoms with Crippen LogP contribution >= 0.6 is 28.3 Å². The maximum Gasteiger partial charge on any atom is 0.223 e. The van der Waals surface area contributed by atoms with Crippen LogP contribution in [0.4, 0.5) is 0 Å². The predicted octanol–water partition coefficient (Wildman–Crippen LogP) is 3.37. The minimum atomic E-state index is 0. The highest BCUT2D eigenvalue weighted by molar-refractivity contribution is 9.10. The highest BCUT2D eigenvalue weighted by Crippen LogP contribution is 2.23. The molecule has 1 atom stereocenters. The molecule has 128 valence electrons. The minimum absolute atomic E-state index is 0. The number of carbonyl (C=O) groups excluding carboxylic acids is 1. The molecule has 1 aliphatic rings. The molecule has 0 saturated carbocycles. The number of hydrogen-bond donors (Lipinski definition) is 1. The number of aryl methyl sites for hydroxylation is 1. The normalized spacial score (nSPS) is 17.2. The minimum Gasteiger partial charge on any atom is -0.333 e. The number of pyridine rings is 1. The Morgan fingerprint density at radius 3 is 2.88 bits per heavy atom. The molecule has 2 aromatic rings. The molecular weight excluding hydrogens is 390 g/mol. The summed E-state index contributed by atoms with van der Waals surface area (Å²) in [4.78, 5) is 18.9. The first-order chi connectivity index (χ1) is 11.3. The average molecular weight is 411 g/mol. The first-order valence-corrected chi connectivity index (χ1v) is 8.68. The van der Waals surface area contributed by atoms with Gasteiger partial charge in [0.1, 0.15) is 0 Å². The molecule has 6 heteroatoms. The van der Waals surface area contributed by atoms with Crippen LogP contribution in [-0.4, -0.2) is 35.4 Å². The lowest BCUT2D eigenvalue weighted by Crippen LogP contribution is -2.48. The number of rotatable bonds is 4. The summed E-state index contributed by atoms with van der Waals surface area (Å²) in [6.07, 6.45) is 4.90. The fourth-order valence-corrected chi connectivity index (χ4v) is 3.44. The molecule has 1 unspecified atom stereocenters. The van der Waals surface area contributed by atoms with E-state index < -0.39 is 0 Å². The van der Waals surface area contributed by atoms with Crippen LogP contribution in [0, 0.1) is 0 Å². The van der Waals surface area contributed by atoms with Gasteiger partial charge in [0.25, 0.3) is 0 Å². The van der Waals surface area contributed by atoms with E-state index in [1.54, 1.807) is 6.20 Å². The van der Waals surface area contributed by atoms with E-state index in [9.17, 15) is 4.79 Å². The summed E-state index contributed by atoms with van der Waals surface area (Å²) in [6.45, 7) is 2.37. The van der Waals surface area contributed by atoms with Crippen LogP contribution in [0.15, 0.2) is 53.3 Å². The molecule has 3 rings (SSSR count). The van der Waals surface area contributed by atoms with Crippen molar-refractivity contribution in [1.82, 2.24) is 15.2 Å². The molecule has 1 aromatic heterocycles. The largest absolute Gasteiger partial charge is 0.333 e. The van der Waals surface area contributed by atoms with Crippen LogP contribution in [0.5, 0.6) is 0 Å². The van der Waals surface area contributed by atoms with Gasteiger partial charge in [-0.25, -0.2) is 0 Å². The number of nitrogens with zero attached hydrogens (tertiary/aromatic N) is 2. The van der Waals surface area contributed by atoms with Crippen LogP contribution in [-0.2, 0) is 11.2 Å². The fourth-order valence-electron chi connectivity index (χ4n) is 2.96. The zero-order chi connectivity index (χ0) is 16.1. The zero-order valence-electron chi connectivity index (χ0n) is 13.3. The summed E-state index contributed by atoms with van der Waals surface area (Å²) in [5.41, 5.74) is 2.27. The van der Waals surface area contributed by atoms with Crippen LogP contribution in [0.1, 0.15) is 23.6 Å². The summed E-state index contributed by atoms with van der Waals surface area (Å²) >= 11 is 3.55. The van der Waals surface area contributed by atoms with Crippen molar-refractivity contribution in [2.24, 2.45) is 0 Å². The quantitative estimate of drug-likeness (QED) is 0.840. The highest BCUT2D eigenvalue weighted by atomic mass is 79.9. The molecule has 4 nitrogen and oxygen atoms in total. The molecule has 1 aliphatic heterocycles. The molecule has 1 saturated heterocycles. The molecule has 2 heterocycles. The van der Waals surface area contributed by atoms with Gasteiger partial charge in [0.2, 0.25) is 5.91 Å². The lowest BCUT2D eigenvalue weighted by molar-refractivity contribution is -0.134. The first kappa shape index (κ1) is 18.9. The molecule has 0 radical (unpaired) electrons. The van der Waals surface area contributed by atoms with E-state index in [0.717, 1.165) is 36.1 Å². The van der Waals surface area contributed by atoms with Crippen LogP contribution in [0.3, 0.4) is 0 Å². The van der Waals surface area contributed by atoms with E-state index in [4.69, 9.17) is 0 Å². The van der Waals surface area contributed by atoms with Crippen LogP contribution < -0.4 is 5.32 Å². The van der Waals surface area contributed by atoms with E-state index >= 15 is 0 Å². The van der Waals surface area contributed by atoms with E-state index in [1.807, 2.05) is 41.4 Å². The SMILES string of the molecule is Cl.O=C(CCc1ccccc1Br)N1CCNCC1c1cccnc1. The van der Waals surface area contributed by atoms with Crippen molar-refractivity contribution < 1.29 is 4.79 Å². The number of hydrogen-bond acceptors (Lipinski definition) is 3. The second kappa shape index (κ2) is 9.16. The number of benzene rings is 1. The first-order valence-electron chi connectivity index (χ1n) is 7.89. The second-order valence-corrected chi connectivity index (χ2v) is 6.54. The zero-order valence-corrected chi connectivity index (χ0v) is 15.7. The van der Waals surface area contributed by atoms with E-state index in [0.29, 0.717) is 6.42 Å². The van der Waals surface area contributed by atoms with Gasteiger partial charge in [0.05, 0.1) is 6.04 Å². The Bertz CT molecular complexity index is 668. The summed E-state index contributed by atoms with van der Waals surface area (Å²) in [6, 6.07) is 12.1. The molecule has 0 bridgehead atoms. The lowest BCUT2D eigenvalue weighted by Gasteiger charge is -2.36. The van der Waals surface area contributed by atoms with Gasteiger partial charge in [0.15, 0.2) is 0 Å². The van der Waals surface area contributed by atoms with Gasteiger partial charge in [-0.3, -0.25) is 9.78 Å². The summed E-state index contributed by atoms with van der Waals surface area (Å²) in [7, 11) is 0. The van der Waals surface area contributed by atoms with Crippen molar-refractivity contribution in [1.29, 1.82) is 0 Å². The van der Waals surface area contributed by atoms with Crippen molar-refractivity contribution >= 4 is 34.2 Å². The molecule has 1 aromatic carbocycles. The van der Waals surface area contributed by atoms with Gasteiger partial charge in [-0.15, -0.1) is 12.4 Å². The summed E-state index contributed by atoms with van der Waals surface area (Å²) in [5, 5.41) is 3.37. The number of amides is 1.